The summed E-state index contributed by atoms with van der Waals surface area (Å²) in [5.74, 6) is 1.81. The van der Waals surface area contributed by atoms with Crippen molar-refractivity contribution in [1.82, 2.24) is 5.32 Å². The van der Waals surface area contributed by atoms with Crippen LogP contribution in [0.5, 0.6) is 11.5 Å². The summed E-state index contributed by atoms with van der Waals surface area (Å²) in [4.78, 5) is 0. The molecule has 0 aromatic heterocycles. The molecule has 21 heavy (non-hydrogen) atoms. The van der Waals surface area contributed by atoms with Gasteiger partial charge in [-0.1, -0.05) is 0 Å². The second-order valence-electron chi connectivity index (χ2n) is 6.25. The predicted molar refractivity (Wildman–Crippen MR) is 83.0 cm³/mol. The van der Waals surface area contributed by atoms with Gasteiger partial charge >= 0.3 is 0 Å². The van der Waals surface area contributed by atoms with E-state index in [0.717, 1.165) is 25.1 Å². The van der Waals surface area contributed by atoms with Gasteiger partial charge in [0.25, 0.3) is 0 Å². The van der Waals surface area contributed by atoms with Crippen LogP contribution in [0, 0.1) is 5.92 Å². The van der Waals surface area contributed by atoms with Crippen molar-refractivity contribution in [3.8, 4) is 11.5 Å². The lowest BCUT2D eigenvalue weighted by Gasteiger charge is -2.27. The third-order valence-electron chi connectivity index (χ3n) is 4.16. The number of hydrogen-bond donors (Lipinski definition) is 1. The fourth-order valence-corrected chi connectivity index (χ4v) is 3.05. The molecule has 1 aromatic rings. The topological polar surface area (TPSA) is 30.5 Å². The first-order valence-electron chi connectivity index (χ1n) is 7.60. The Morgan fingerprint density at radius 3 is 2.43 bits per heavy atom. The largest absolute Gasteiger partial charge is 0.493 e. The standard InChI is InChI=1S/C17H26FNO2/c1-17(2,18)14-10-16(21-4)15(20-3)9-13(14)8-12-6-5-7-19-11-12/h9-10,12,19H,5-8,11H2,1-4H3. The molecule has 1 atom stereocenters. The van der Waals surface area contributed by atoms with Gasteiger partial charge in [0.05, 0.1) is 14.2 Å². The van der Waals surface area contributed by atoms with E-state index in [0.29, 0.717) is 23.0 Å². The van der Waals surface area contributed by atoms with Crippen molar-refractivity contribution in [2.24, 2.45) is 5.92 Å². The molecule has 118 valence electrons. The normalized spacial score (nSPS) is 19.4. The van der Waals surface area contributed by atoms with Crippen LogP contribution in [0.4, 0.5) is 4.39 Å². The number of methoxy groups -OCH3 is 2. The van der Waals surface area contributed by atoms with Gasteiger partial charge in [-0.3, -0.25) is 0 Å². The summed E-state index contributed by atoms with van der Waals surface area (Å²) < 4.78 is 25.3. The van der Waals surface area contributed by atoms with E-state index in [4.69, 9.17) is 9.47 Å². The molecular weight excluding hydrogens is 269 g/mol. The zero-order chi connectivity index (χ0) is 15.5. The molecule has 0 spiro atoms. The summed E-state index contributed by atoms with van der Waals surface area (Å²) in [5, 5.41) is 3.41. The van der Waals surface area contributed by atoms with Crippen LogP contribution in [0.25, 0.3) is 0 Å². The van der Waals surface area contributed by atoms with E-state index >= 15 is 0 Å². The fourth-order valence-electron chi connectivity index (χ4n) is 3.05. The van der Waals surface area contributed by atoms with E-state index < -0.39 is 5.67 Å². The first-order valence-corrected chi connectivity index (χ1v) is 7.60. The Morgan fingerprint density at radius 1 is 1.24 bits per heavy atom. The second kappa shape index (κ2) is 6.65. The molecule has 1 saturated heterocycles. The number of nitrogens with one attached hydrogen (secondary N) is 1. The number of piperidine rings is 1. The molecule has 0 radical (unpaired) electrons. The monoisotopic (exact) mass is 295 g/mol. The van der Waals surface area contributed by atoms with Crippen molar-refractivity contribution in [2.75, 3.05) is 27.3 Å². The summed E-state index contributed by atoms with van der Waals surface area (Å²) in [5.41, 5.74) is 0.330. The summed E-state index contributed by atoms with van der Waals surface area (Å²) in [6.45, 7) is 5.28. The maximum absolute atomic E-state index is 14.6. The molecular formula is C17H26FNO2. The maximum Gasteiger partial charge on any atom is 0.161 e. The smallest absolute Gasteiger partial charge is 0.161 e. The van der Waals surface area contributed by atoms with Crippen LogP contribution >= 0.6 is 0 Å². The molecule has 1 N–H and O–H groups in total. The van der Waals surface area contributed by atoms with E-state index in [9.17, 15) is 4.39 Å². The molecule has 1 aromatic carbocycles. The highest BCUT2D eigenvalue weighted by atomic mass is 19.1. The van der Waals surface area contributed by atoms with Crippen LogP contribution in [0.2, 0.25) is 0 Å². The molecule has 1 aliphatic heterocycles. The van der Waals surface area contributed by atoms with Gasteiger partial charge in [-0.15, -0.1) is 0 Å². The SMILES string of the molecule is COc1cc(CC2CCCNC2)c(C(C)(C)F)cc1OC. The summed E-state index contributed by atoms with van der Waals surface area (Å²) >= 11 is 0. The molecule has 0 aliphatic carbocycles. The van der Waals surface area contributed by atoms with E-state index in [1.807, 2.05) is 6.07 Å². The van der Waals surface area contributed by atoms with Crippen molar-refractivity contribution < 1.29 is 13.9 Å². The van der Waals surface area contributed by atoms with Gasteiger partial charge < -0.3 is 14.8 Å². The van der Waals surface area contributed by atoms with Gasteiger partial charge in [0.15, 0.2) is 11.5 Å². The molecule has 1 fully saturated rings. The molecule has 2 rings (SSSR count). The lowest BCUT2D eigenvalue weighted by atomic mass is 9.86. The van der Waals surface area contributed by atoms with Crippen LogP contribution in [0.1, 0.15) is 37.8 Å². The van der Waals surface area contributed by atoms with E-state index in [1.54, 1.807) is 34.1 Å². The molecule has 0 amide bonds. The molecule has 0 saturated carbocycles. The van der Waals surface area contributed by atoms with Gasteiger partial charge in [-0.2, -0.15) is 0 Å². The molecule has 1 aliphatic rings. The zero-order valence-electron chi connectivity index (χ0n) is 13.5. The Morgan fingerprint density at radius 2 is 1.90 bits per heavy atom. The zero-order valence-corrected chi connectivity index (χ0v) is 13.5. The molecule has 4 heteroatoms. The summed E-state index contributed by atoms with van der Waals surface area (Å²) in [6.07, 6.45) is 3.25. The van der Waals surface area contributed by atoms with Gasteiger partial charge in [0, 0.05) is 0 Å². The number of halogens is 1. The Balaban J connectivity index is 2.36. The highest BCUT2D eigenvalue weighted by molar-refractivity contribution is 5.49. The van der Waals surface area contributed by atoms with Crippen molar-refractivity contribution in [3.63, 3.8) is 0 Å². The summed E-state index contributed by atoms with van der Waals surface area (Å²) in [6, 6.07) is 3.72. The van der Waals surface area contributed by atoms with Gasteiger partial charge in [0.1, 0.15) is 5.67 Å². The van der Waals surface area contributed by atoms with Gasteiger partial charge in [-0.25, -0.2) is 4.39 Å². The van der Waals surface area contributed by atoms with Crippen molar-refractivity contribution in [2.45, 2.75) is 38.8 Å². The maximum atomic E-state index is 14.6. The van der Waals surface area contributed by atoms with Crippen LogP contribution in [0.15, 0.2) is 12.1 Å². The fraction of sp³-hybridized carbons (Fsp3) is 0.647. The number of ether oxygens (including phenoxy) is 2. The van der Waals surface area contributed by atoms with Crippen molar-refractivity contribution in [1.29, 1.82) is 0 Å². The lowest BCUT2D eigenvalue weighted by Crippen LogP contribution is -2.31. The van der Waals surface area contributed by atoms with Gasteiger partial charge in [-0.05, 0) is 75.4 Å². The van der Waals surface area contributed by atoms with E-state index in [-0.39, 0.29) is 0 Å². The number of rotatable bonds is 5. The van der Waals surface area contributed by atoms with E-state index in [2.05, 4.69) is 5.32 Å². The van der Waals surface area contributed by atoms with E-state index in [1.165, 1.54) is 12.8 Å². The first kappa shape index (κ1) is 16.1. The number of alkyl halides is 1. The predicted octanol–water partition coefficient (Wildman–Crippen LogP) is 3.45. The third-order valence-corrected chi connectivity index (χ3v) is 4.16. The number of hydrogen-bond acceptors (Lipinski definition) is 3. The van der Waals surface area contributed by atoms with Crippen LogP contribution < -0.4 is 14.8 Å². The Bertz CT molecular complexity index is 476. The lowest BCUT2D eigenvalue weighted by molar-refractivity contribution is 0.217. The average Bonchev–Trinajstić information content (AvgIpc) is 2.46. The molecule has 0 bridgehead atoms. The second-order valence-corrected chi connectivity index (χ2v) is 6.25. The highest BCUT2D eigenvalue weighted by Crippen LogP contribution is 2.38. The minimum atomic E-state index is -1.39. The number of benzene rings is 1. The summed E-state index contributed by atoms with van der Waals surface area (Å²) in [7, 11) is 3.20. The average molecular weight is 295 g/mol. The van der Waals surface area contributed by atoms with Crippen LogP contribution in [0.3, 0.4) is 0 Å². The quantitative estimate of drug-likeness (QED) is 0.902. The minimum Gasteiger partial charge on any atom is -0.493 e. The molecule has 1 unspecified atom stereocenters. The van der Waals surface area contributed by atoms with Crippen molar-refractivity contribution in [3.05, 3.63) is 23.3 Å². The van der Waals surface area contributed by atoms with Crippen LogP contribution in [-0.4, -0.2) is 27.3 Å². The molecule has 3 nitrogen and oxygen atoms in total. The Kier molecular flexibility index (Phi) is 5.09. The Labute approximate surface area is 126 Å². The van der Waals surface area contributed by atoms with Crippen molar-refractivity contribution >= 4 is 0 Å². The minimum absolute atomic E-state index is 0.554. The van der Waals surface area contributed by atoms with Crippen LogP contribution in [-0.2, 0) is 12.1 Å². The van der Waals surface area contributed by atoms with Gasteiger partial charge in [0.2, 0.25) is 0 Å². The first-order chi connectivity index (χ1) is 9.95. The molecule has 1 heterocycles. The highest BCUT2D eigenvalue weighted by Gasteiger charge is 2.26. The Hall–Kier alpha value is -1.29. The third kappa shape index (κ3) is 3.88.